The molecule has 4 rings (SSSR count). The minimum absolute atomic E-state index is 0.0972. The molecule has 2 aromatic rings. The summed E-state index contributed by atoms with van der Waals surface area (Å²) in [5, 5.41) is 6.24. The van der Waals surface area contributed by atoms with Gasteiger partial charge in [-0.25, -0.2) is 0 Å². The predicted molar refractivity (Wildman–Crippen MR) is 110 cm³/mol. The van der Waals surface area contributed by atoms with E-state index in [4.69, 9.17) is 9.47 Å². The smallest absolute Gasteiger partial charge is 0.383 e. The van der Waals surface area contributed by atoms with Crippen molar-refractivity contribution in [3.8, 4) is 0 Å². The first-order chi connectivity index (χ1) is 14.5. The molecule has 2 aromatic carbocycles. The number of ether oxygens (including phenoxy) is 2. The molecule has 0 amide bonds. The lowest BCUT2D eigenvalue weighted by molar-refractivity contribution is -0.136. The van der Waals surface area contributed by atoms with E-state index in [0.29, 0.717) is 45.2 Å². The third kappa shape index (κ3) is 4.71. The van der Waals surface area contributed by atoms with Gasteiger partial charge in [-0.3, -0.25) is 4.90 Å². The van der Waals surface area contributed by atoms with Gasteiger partial charge in [-0.2, -0.15) is 13.2 Å². The van der Waals surface area contributed by atoms with Gasteiger partial charge in [0.25, 0.3) is 0 Å². The molecule has 0 bridgehead atoms. The number of nitrogens with zero attached hydrogens (tertiary/aromatic N) is 1. The standard InChI is InChI=1S/C22H26F3N3O2/c23-22(24,25)19-14-18(27-21(15-30-16-21)17-4-2-1-3-5-17)6-7-20(19)26-8-9-28-10-12-29-13-11-28/h1-7,14,26-27H,8-13,15-16H2. The highest BCUT2D eigenvalue weighted by Gasteiger charge is 2.41. The van der Waals surface area contributed by atoms with Crippen molar-refractivity contribution in [2.24, 2.45) is 0 Å². The number of rotatable bonds is 7. The Labute approximate surface area is 174 Å². The monoisotopic (exact) mass is 421 g/mol. The maximum absolute atomic E-state index is 13.7. The average Bonchev–Trinajstić information content (AvgIpc) is 2.72. The van der Waals surface area contributed by atoms with Gasteiger partial charge in [-0.1, -0.05) is 30.3 Å². The van der Waals surface area contributed by atoms with Crippen LogP contribution in [0.4, 0.5) is 24.5 Å². The molecule has 0 unspecified atom stereocenters. The second kappa shape index (κ2) is 8.83. The normalized spacial score (nSPS) is 19.2. The van der Waals surface area contributed by atoms with Crippen molar-refractivity contribution in [1.82, 2.24) is 4.90 Å². The molecule has 2 aliphatic heterocycles. The van der Waals surface area contributed by atoms with Crippen LogP contribution in [-0.4, -0.2) is 57.5 Å². The van der Waals surface area contributed by atoms with E-state index in [2.05, 4.69) is 15.5 Å². The molecule has 0 radical (unpaired) electrons. The van der Waals surface area contributed by atoms with E-state index in [-0.39, 0.29) is 5.69 Å². The van der Waals surface area contributed by atoms with E-state index in [0.717, 1.165) is 18.7 Å². The number of benzene rings is 2. The van der Waals surface area contributed by atoms with Gasteiger partial charge in [-0.15, -0.1) is 0 Å². The summed E-state index contributed by atoms with van der Waals surface area (Å²) in [7, 11) is 0. The van der Waals surface area contributed by atoms with Crippen LogP contribution in [0.15, 0.2) is 48.5 Å². The summed E-state index contributed by atoms with van der Waals surface area (Å²) in [5.41, 5.74) is 0.346. The van der Waals surface area contributed by atoms with Crippen LogP contribution < -0.4 is 10.6 Å². The molecule has 0 spiro atoms. The van der Waals surface area contributed by atoms with Crippen molar-refractivity contribution in [2.45, 2.75) is 11.7 Å². The fraction of sp³-hybridized carbons (Fsp3) is 0.455. The molecule has 2 heterocycles. The second-order valence-corrected chi connectivity index (χ2v) is 7.70. The largest absolute Gasteiger partial charge is 0.418 e. The first kappa shape index (κ1) is 21.0. The van der Waals surface area contributed by atoms with Crippen LogP contribution in [0, 0.1) is 0 Å². The van der Waals surface area contributed by atoms with Crippen molar-refractivity contribution in [3.05, 3.63) is 59.7 Å². The topological polar surface area (TPSA) is 45.8 Å². The zero-order chi connectivity index (χ0) is 21.0. The molecule has 8 heteroatoms. The maximum Gasteiger partial charge on any atom is 0.418 e. The van der Waals surface area contributed by atoms with Gasteiger partial charge >= 0.3 is 6.18 Å². The molecule has 0 atom stereocenters. The highest BCUT2D eigenvalue weighted by molar-refractivity contribution is 5.62. The third-order valence-electron chi connectivity index (χ3n) is 5.58. The number of alkyl halides is 3. The number of hydrogen-bond acceptors (Lipinski definition) is 5. The van der Waals surface area contributed by atoms with E-state index in [1.165, 1.54) is 12.1 Å². The summed E-state index contributed by atoms with van der Waals surface area (Å²) in [6, 6.07) is 14.0. The summed E-state index contributed by atoms with van der Waals surface area (Å²) in [5.74, 6) is 0. The average molecular weight is 421 g/mol. The summed E-state index contributed by atoms with van der Waals surface area (Å²) >= 11 is 0. The molecule has 2 aliphatic rings. The van der Waals surface area contributed by atoms with Crippen LogP contribution in [0.2, 0.25) is 0 Å². The van der Waals surface area contributed by atoms with E-state index in [1.807, 2.05) is 30.3 Å². The quantitative estimate of drug-likeness (QED) is 0.713. The Morgan fingerprint density at radius 1 is 0.967 bits per heavy atom. The molecule has 2 N–H and O–H groups in total. The fourth-order valence-electron chi connectivity index (χ4n) is 3.83. The van der Waals surface area contributed by atoms with Crippen LogP contribution in [0.5, 0.6) is 0 Å². The summed E-state index contributed by atoms with van der Waals surface area (Å²) in [6.45, 7) is 4.89. The fourth-order valence-corrected chi connectivity index (χ4v) is 3.83. The lowest BCUT2D eigenvalue weighted by Gasteiger charge is -2.43. The molecular weight excluding hydrogens is 395 g/mol. The Bertz CT molecular complexity index is 835. The van der Waals surface area contributed by atoms with Crippen LogP contribution in [0.3, 0.4) is 0 Å². The molecule has 162 valence electrons. The van der Waals surface area contributed by atoms with Crippen LogP contribution in [-0.2, 0) is 21.2 Å². The highest BCUT2D eigenvalue weighted by Crippen LogP contribution is 2.39. The lowest BCUT2D eigenvalue weighted by Crippen LogP contribution is -2.52. The van der Waals surface area contributed by atoms with Crippen LogP contribution >= 0.6 is 0 Å². The van der Waals surface area contributed by atoms with Crippen molar-refractivity contribution >= 4 is 11.4 Å². The molecule has 2 saturated heterocycles. The Balaban J connectivity index is 1.48. The Hall–Kier alpha value is -2.29. The zero-order valence-corrected chi connectivity index (χ0v) is 16.7. The zero-order valence-electron chi connectivity index (χ0n) is 16.7. The van der Waals surface area contributed by atoms with Crippen molar-refractivity contribution < 1.29 is 22.6 Å². The van der Waals surface area contributed by atoms with E-state index < -0.39 is 17.3 Å². The SMILES string of the molecule is FC(F)(F)c1cc(NC2(c3ccccc3)COC2)ccc1NCCN1CCOCC1. The van der Waals surface area contributed by atoms with Gasteiger partial charge in [0.1, 0.15) is 5.54 Å². The third-order valence-corrected chi connectivity index (χ3v) is 5.58. The molecule has 5 nitrogen and oxygen atoms in total. The van der Waals surface area contributed by atoms with Gasteiger partial charge in [0, 0.05) is 37.6 Å². The van der Waals surface area contributed by atoms with E-state index >= 15 is 0 Å². The number of hydrogen-bond donors (Lipinski definition) is 2. The number of halogens is 3. The minimum Gasteiger partial charge on any atom is -0.383 e. The molecule has 2 fully saturated rings. The van der Waals surface area contributed by atoms with E-state index in [9.17, 15) is 13.2 Å². The summed E-state index contributed by atoms with van der Waals surface area (Å²) < 4.78 is 51.9. The van der Waals surface area contributed by atoms with Gasteiger partial charge < -0.3 is 20.1 Å². The molecule has 30 heavy (non-hydrogen) atoms. The molecule has 0 aromatic heterocycles. The summed E-state index contributed by atoms with van der Waals surface area (Å²) in [4.78, 5) is 2.18. The Kier molecular flexibility index (Phi) is 6.17. The number of morpholine rings is 1. The minimum atomic E-state index is -4.45. The van der Waals surface area contributed by atoms with Crippen molar-refractivity contribution in [3.63, 3.8) is 0 Å². The second-order valence-electron chi connectivity index (χ2n) is 7.70. The number of anilines is 2. The highest BCUT2D eigenvalue weighted by atomic mass is 19.4. The first-order valence-corrected chi connectivity index (χ1v) is 10.1. The molecule has 0 saturated carbocycles. The van der Waals surface area contributed by atoms with Gasteiger partial charge in [-0.05, 0) is 23.8 Å². The van der Waals surface area contributed by atoms with E-state index in [1.54, 1.807) is 6.07 Å². The van der Waals surface area contributed by atoms with Crippen molar-refractivity contribution in [2.75, 3.05) is 63.2 Å². The lowest BCUT2D eigenvalue weighted by atomic mass is 9.87. The Morgan fingerprint density at radius 3 is 2.33 bits per heavy atom. The van der Waals surface area contributed by atoms with Crippen LogP contribution in [0.1, 0.15) is 11.1 Å². The number of nitrogens with one attached hydrogen (secondary N) is 2. The first-order valence-electron chi connectivity index (χ1n) is 10.1. The van der Waals surface area contributed by atoms with Gasteiger partial charge in [0.2, 0.25) is 0 Å². The van der Waals surface area contributed by atoms with Gasteiger partial charge in [0.15, 0.2) is 0 Å². The van der Waals surface area contributed by atoms with Crippen molar-refractivity contribution in [1.29, 1.82) is 0 Å². The molecule has 0 aliphatic carbocycles. The predicted octanol–water partition coefficient (Wildman–Crippen LogP) is 3.79. The Morgan fingerprint density at radius 2 is 1.70 bits per heavy atom. The maximum atomic E-state index is 13.7. The summed E-state index contributed by atoms with van der Waals surface area (Å²) in [6.07, 6.45) is -4.45. The molecular formula is C22H26F3N3O2. The van der Waals surface area contributed by atoms with Crippen LogP contribution in [0.25, 0.3) is 0 Å². The van der Waals surface area contributed by atoms with Gasteiger partial charge in [0.05, 0.1) is 32.0 Å².